The maximum absolute atomic E-state index is 11.0. The number of nitrogens with zero attached hydrogens (tertiary/aromatic N) is 1. The van der Waals surface area contributed by atoms with Crippen LogP contribution in [0.4, 0.5) is 0 Å². The summed E-state index contributed by atoms with van der Waals surface area (Å²) in [5, 5.41) is 3.80. The third-order valence-electron chi connectivity index (χ3n) is 1.16. The van der Waals surface area contributed by atoms with Crippen molar-refractivity contribution in [1.82, 2.24) is 5.43 Å². The summed E-state index contributed by atoms with van der Waals surface area (Å²) in [7, 11) is 0. The quantitative estimate of drug-likeness (QED) is 0.507. The fraction of sp³-hybridized carbons (Fsp3) is 0.778. The third kappa shape index (κ3) is 7.25. The zero-order valence-corrected chi connectivity index (χ0v) is 8.29. The van der Waals surface area contributed by atoms with E-state index in [1.807, 2.05) is 27.7 Å². The van der Waals surface area contributed by atoms with Crippen molar-refractivity contribution in [3.63, 3.8) is 0 Å². The molecule has 0 saturated heterocycles. The number of hydrogen-bond acceptors (Lipinski definition) is 2. The third-order valence-corrected chi connectivity index (χ3v) is 1.16. The van der Waals surface area contributed by atoms with Gasteiger partial charge in [0.1, 0.15) is 0 Å². The van der Waals surface area contributed by atoms with Crippen molar-refractivity contribution in [3.05, 3.63) is 0 Å². The van der Waals surface area contributed by atoms with Gasteiger partial charge in [-0.1, -0.05) is 27.7 Å². The molecule has 0 fully saturated rings. The molecule has 12 heavy (non-hydrogen) atoms. The van der Waals surface area contributed by atoms with Gasteiger partial charge in [-0.25, -0.2) is 5.43 Å². The molecule has 1 amide bonds. The maximum Gasteiger partial charge on any atom is 0.240 e. The topological polar surface area (TPSA) is 41.5 Å². The molecular weight excluding hydrogens is 152 g/mol. The number of nitrogens with one attached hydrogen (secondary N) is 1. The molecule has 0 aromatic carbocycles. The van der Waals surface area contributed by atoms with Crippen molar-refractivity contribution in [2.75, 3.05) is 0 Å². The number of carbonyl (C=O) groups excluding carboxylic acids is 1. The molecule has 0 rings (SSSR count). The van der Waals surface area contributed by atoms with Crippen LogP contribution >= 0.6 is 0 Å². The molecule has 0 aliphatic carbocycles. The van der Waals surface area contributed by atoms with Crippen LogP contribution < -0.4 is 5.43 Å². The molecule has 0 aliphatic rings. The van der Waals surface area contributed by atoms with Gasteiger partial charge in [0, 0.05) is 12.6 Å². The highest BCUT2D eigenvalue weighted by atomic mass is 16.2. The normalized spacial score (nSPS) is 11.5. The molecular formula is C9H18N2O. The monoisotopic (exact) mass is 170 g/mol. The Morgan fingerprint density at radius 3 is 2.42 bits per heavy atom. The van der Waals surface area contributed by atoms with Gasteiger partial charge in [0.15, 0.2) is 0 Å². The summed E-state index contributed by atoms with van der Waals surface area (Å²) in [6.45, 7) is 8.04. The first kappa shape index (κ1) is 11.1. The first-order valence-corrected chi connectivity index (χ1v) is 4.34. The summed E-state index contributed by atoms with van der Waals surface area (Å²) in [5.41, 5.74) is 2.48. The van der Waals surface area contributed by atoms with Gasteiger partial charge in [0.2, 0.25) is 5.91 Å². The average Bonchev–Trinajstić information content (AvgIpc) is 1.84. The van der Waals surface area contributed by atoms with Crippen LogP contribution in [-0.2, 0) is 4.79 Å². The van der Waals surface area contributed by atoms with Crippen molar-refractivity contribution >= 4 is 12.1 Å². The molecule has 0 spiro atoms. The van der Waals surface area contributed by atoms with E-state index in [0.29, 0.717) is 18.3 Å². The minimum Gasteiger partial charge on any atom is -0.273 e. The summed E-state index contributed by atoms with van der Waals surface area (Å²) in [6.07, 6.45) is 2.26. The number of amides is 1. The minimum absolute atomic E-state index is 0.0121. The van der Waals surface area contributed by atoms with Gasteiger partial charge in [-0.05, 0) is 11.8 Å². The Morgan fingerprint density at radius 2 is 2.00 bits per heavy atom. The van der Waals surface area contributed by atoms with E-state index in [-0.39, 0.29) is 5.91 Å². The Morgan fingerprint density at radius 1 is 1.42 bits per heavy atom. The molecule has 0 aromatic rings. The van der Waals surface area contributed by atoms with Gasteiger partial charge in [-0.2, -0.15) is 5.10 Å². The molecule has 3 nitrogen and oxygen atoms in total. The predicted octanol–water partition coefficient (Wildman–Crippen LogP) is 1.79. The molecule has 0 unspecified atom stereocenters. The molecule has 0 aromatic heterocycles. The van der Waals surface area contributed by atoms with E-state index in [0.717, 1.165) is 0 Å². The number of rotatable bonds is 4. The highest BCUT2D eigenvalue weighted by Gasteiger charge is 2.01. The van der Waals surface area contributed by atoms with Crippen LogP contribution in [0, 0.1) is 11.8 Å². The number of hydrogen-bond donors (Lipinski definition) is 1. The van der Waals surface area contributed by atoms with Crippen molar-refractivity contribution in [2.45, 2.75) is 34.1 Å². The largest absolute Gasteiger partial charge is 0.273 e. The fourth-order valence-corrected chi connectivity index (χ4v) is 0.675. The predicted molar refractivity (Wildman–Crippen MR) is 50.9 cm³/mol. The summed E-state index contributed by atoms with van der Waals surface area (Å²) >= 11 is 0. The minimum atomic E-state index is -0.0121. The van der Waals surface area contributed by atoms with Gasteiger partial charge < -0.3 is 0 Å². The number of hydrazone groups is 1. The molecule has 0 heterocycles. The smallest absolute Gasteiger partial charge is 0.240 e. The second kappa shape index (κ2) is 5.75. The molecule has 0 saturated carbocycles. The lowest BCUT2D eigenvalue weighted by molar-refractivity contribution is -0.121. The van der Waals surface area contributed by atoms with E-state index < -0.39 is 0 Å². The van der Waals surface area contributed by atoms with E-state index in [2.05, 4.69) is 10.5 Å². The first-order valence-electron chi connectivity index (χ1n) is 4.34. The van der Waals surface area contributed by atoms with Crippen molar-refractivity contribution in [1.29, 1.82) is 0 Å². The van der Waals surface area contributed by atoms with Crippen molar-refractivity contribution in [3.8, 4) is 0 Å². The van der Waals surface area contributed by atoms with Gasteiger partial charge in [0.25, 0.3) is 0 Å². The highest BCUT2D eigenvalue weighted by molar-refractivity contribution is 5.76. The molecule has 0 radical (unpaired) electrons. The molecule has 70 valence electrons. The summed E-state index contributed by atoms with van der Waals surface area (Å²) < 4.78 is 0. The lowest BCUT2D eigenvalue weighted by atomic mass is 10.1. The second-order valence-corrected chi connectivity index (χ2v) is 3.66. The molecule has 3 heteroatoms. The fourth-order valence-electron chi connectivity index (χ4n) is 0.675. The Kier molecular flexibility index (Phi) is 5.34. The highest BCUT2D eigenvalue weighted by Crippen LogP contribution is 1.97. The van der Waals surface area contributed by atoms with E-state index in [4.69, 9.17) is 0 Å². The zero-order chi connectivity index (χ0) is 9.56. The SMILES string of the molecule is CC(C)C=NNC(=O)CC(C)C. The van der Waals surface area contributed by atoms with Gasteiger partial charge in [-0.3, -0.25) is 4.79 Å². The molecule has 1 N–H and O–H groups in total. The van der Waals surface area contributed by atoms with Crippen LogP contribution in [-0.4, -0.2) is 12.1 Å². The molecule has 0 aliphatic heterocycles. The zero-order valence-electron chi connectivity index (χ0n) is 8.29. The maximum atomic E-state index is 11.0. The van der Waals surface area contributed by atoms with Gasteiger partial charge in [-0.15, -0.1) is 0 Å². The van der Waals surface area contributed by atoms with E-state index >= 15 is 0 Å². The van der Waals surface area contributed by atoms with E-state index in [1.165, 1.54) is 0 Å². The van der Waals surface area contributed by atoms with Crippen LogP contribution in [0.3, 0.4) is 0 Å². The standard InChI is InChI=1S/C9H18N2O/c1-7(2)5-9(12)11-10-6-8(3)4/h6-8H,5H2,1-4H3,(H,11,12). The van der Waals surface area contributed by atoms with Crippen LogP contribution in [0.2, 0.25) is 0 Å². The van der Waals surface area contributed by atoms with Crippen LogP contribution in [0.25, 0.3) is 0 Å². The Labute approximate surface area is 74.2 Å². The van der Waals surface area contributed by atoms with Crippen LogP contribution in [0.1, 0.15) is 34.1 Å². The van der Waals surface area contributed by atoms with Gasteiger partial charge >= 0.3 is 0 Å². The number of carbonyl (C=O) groups is 1. The van der Waals surface area contributed by atoms with Crippen LogP contribution in [0.15, 0.2) is 5.10 Å². The summed E-state index contributed by atoms with van der Waals surface area (Å²) in [6, 6.07) is 0. The Hall–Kier alpha value is -0.860. The van der Waals surface area contributed by atoms with E-state index in [9.17, 15) is 4.79 Å². The Balaban J connectivity index is 3.57. The van der Waals surface area contributed by atoms with Gasteiger partial charge in [0.05, 0.1) is 0 Å². The van der Waals surface area contributed by atoms with Crippen molar-refractivity contribution < 1.29 is 4.79 Å². The Bertz CT molecular complexity index is 162. The molecule has 0 atom stereocenters. The second-order valence-electron chi connectivity index (χ2n) is 3.66. The van der Waals surface area contributed by atoms with Crippen LogP contribution in [0.5, 0.6) is 0 Å². The van der Waals surface area contributed by atoms with E-state index in [1.54, 1.807) is 6.21 Å². The first-order chi connectivity index (χ1) is 5.52. The lowest BCUT2D eigenvalue weighted by Gasteiger charge is -2.02. The molecule has 0 bridgehead atoms. The summed E-state index contributed by atoms with van der Waals surface area (Å²) in [5.74, 6) is 0.755. The van der Waals surface area contributed by atoms with Crippen molar-refractivity contribution in [2.24, 2.45) is 16.9 Å². The average molecular weight is 170 g/mol. The lowest BCUT2D eigenvalue weighted by Crippen LogP contribution is -2.19. The summed E-state index contributed by atoms with van der Waals surface area (Å²) in [4.78, 5) is 11.0.